The number of halogens is 2. The highest BCUT2D eigenvalue weighted by Crippen LogP contribution is 2.30. The summed E-state index contributed by atoms with van der Waals surface area (Å²) in [6.07, 6.45) is 3.94. The maximum absolute atomic E-state index is 13.2. The molecule has 1 heterocycles. The van der Waals surface area contributed by atoms with Crippen molar-refractivity contribution >= 4 is 22.6 Å². The van der Waals surface area contributed by atoms with E-state index in [-0.39, 0.29) is 11.9 Å². The van der Waals surface area contributed by atoms with Crippen molar-refractivity contribution in [3.8, 4) is 0 Å². The molecule has 1 N–H and O–H groups in total. The summed E-state index contributed by atoms with van der Waals surface area (Å²) >= 11 is 2.19. The predicted molar refractivity (Wildman–Crippen MR) is 78.8 cm³/mol. The molecule has 2 nitrogen and oxygen atoms in total. The lowest BCUT2D eigenvalue weighted by molar-refractivity contribution is 0.219. The van der Waals surface area contributed by atoms with Crippen LogP contribution in [0.15, 0.2) is 30.0 Å². The minimum Gasteiger partial charge on any atom is -0.501 e. The van der Waals surface area contributed by atoms with Crippen molar-refractivity contribution in [2.45, 2.75) is 25.8 Å². The first-order valence-corrected chi connectivity index (χ1v) is 7.29. The Morgan fingerprint density at radius 2 is 2.33 bits per heavy atom. The number of rotatable bonds is 4. The van der Waals surface area contributed by atoms with Crippen molar-refractivity contribution in [1.29, 1.82) is 0 Å². The first-order chi connectivity index (χ1) is 8.72. The summed E-state index contributed by atoms with van der Waals surface area (Å²) < 4.78 is 19.5. The second kappa shape index (κ2) is 6.52. The van der Waals surface area contributed by atoms with Crippen molar-refractivity contribution in [2.75, 3.05) is 13.2 Å². The van der Waals surface area contributed by atoms with Crippen LogP contribution in [0.2, 0.25) is 0 Å². The van der Waals surface area contributed by atoms with Gasteiger partial charge in [0.05, 0.1) is 18.9 Å². The van der Waals surface area contributed by atoms with Crippen molar-refractivity contribution < 1.29 is 9.13 Å². The Morgan fingerprint density at radius 1 is 1.50 bits per heavy atom. The Labute approximate surface area is 121 Å². The van der Waals surface area contributed by atoms with Gasteiger partial charge in [-0.2, -0.15) is 0 Å². The Balaban J connectivity index is 2.31. The number of benzene rings is 1. The lowest BCUT2D eigenvalue weighted by Gasteiger charge is -2.25. The molecule has 0 fully saturated rings. The first kappa shape index (κ1) is 13.8. The van der Waals surface area contributed by atoms with E-state index in [1.807, 2.05) is 12.3 Å². The monoisotopic (exact) mass is 361 g/mol. The zero-order chi connectivity index (χ0) is 13.0. The number of ether oxygens (including phenoxy) is 1. The minimum absolute atomic E-state index is 0.128. The molecular weight excluding hydrogens is 344 g/mol. The van der Waals surface area contributed by atoms with Gasteiger partial charge in [-0.15, -0.1) is 0 Å². The highest BCUT2D eigenvalue weighted by molar-refractivity contribution is 14.1. The number of hydrogen-bond donors (Lipinski definition) is 1. The Kier molecular flexibility index (Phi) is 5.00. The van der Waals surface area contributed by atoms with E-state index in [9.17, 15) is 4.39 Å². The van der Waals surface area contributed by atoms with Gasteiger partial charge < -0.3 is 10.1 Å². The summed E-state index contributed by atoms with van der Waals surface area (Å²) in [6, 6.07) is 5.08. The van der Waals surface area contributed by atoms with Gasteiger partial charge in [0.2, 0.25) is 0 Å². The molecule has 0 bridgehead atoms. The molecule has 1 aliphatic rings. The SMILES string of the molecule is CCNC(C1=COCCC1)c1ccc(F)cc1I. The first-order valence-electron chi connectivity index (χ1n) is 6.21. The number of nitrogens with one attached hydrogen (secondary N) is 1. The molecular formula is C14H17FINO. The smallest absolute Gasteiger partial charge is 0.124 e. The Hall–Kier alpha value is -0.620. The standard InChI is InChI=1S/C14H17FINO/c1-2-17-14(10-4-3-7-18-9-10)12-6-5-11(15)8-13(12)16/h5-6,8-9,14,17H,2-4,7H2,1H3. The van der Waals surface area contributed by atoms with Gasteiger partial charge in [0.15, 0.2) is 0 Å². The average Bonchev–Trinajstić information content (AvgIpc) is 2.38. The molecule has 1 aromatic carbocycles. The molecule has 0 amide bonds. The van der Waals surface area contributed by atoms with E-state index in [2.05, 4.69) is 34.8 Å². The van der Waals surface area contributed by atoms with Crippen LogP contribution in [0.25, 0.3) is 0 Å². The van der Waals surface area contributed by atoms with Gasteiger partial charge in [-0.05, 0) is 65.2 Å². The number of likely N-dealkylation sites (N-methyl/N-ethyl adjacent to an activating group) is 1. The fourth-order valence-electron chi connectivity index (χ4n) is 2.18. The van der Waals surface area contributed by atoms with Crippen LogP contribution in [-0.4, -0.2) is 13.2 Å². The average molecular weight is 361 g/mol. The molecule has 0 spiro atoms. The molecule has 1 unspecified atom stereocenters. The maximum Gasteiger partial charge on any atom is 0.124 e. The molecule has 18 heavy (non-hydrogen) atoms. The van der Waals surface area contributed by atoms with Crippen LogP contribution in [0.4, 0.5) is 4.39 Å². The molecule has 0 aromatic heterocycles. The largest absolute Gasteiger partial charge is 0.501 e. The predicted octanol–water partition coefficient (Wildman–Crippen LogP) is 3.78. The molecule has 4 heteroatoms. The van der Waals surface area contributed by atoms with Crippen LogP contribution in [0.3, 0.4) is 0 Å². The van der Waals surface area contributed by atoms with E-state index >= 15 is 0 Å². The highest BCUT2D eigenvalue weighted by Gasteiger charge is 2.20. The Bertz CT molecular complexity index is 447. The summed E-state index contributed by atoms with van der Waals surface area (Å²) in [4.78, 5) is 0. The van der Waals surface area contributed by atoms with Gasteiger partial charge >= 0.3 is 0 Å². The molecule has 0 saturated carbocycles. The summed E-state index contributed by atoms with van der Waals surface area (Å²) in [5.41, 5.74) is 2.36. The fraction of sp³-hybridized carbons (Fsp3) is 0.429. The second-order valence-corrected chi connectivity index (χ2v) is 5.49. The lowest BCUT2D eigenvalue weighted by atomic mass is 9.95. The van der Waals surface area contributed by atoms with E-state index in [0.29, 0.717) is 0 Å². The quantitative estimate of drug-likeness (QED) is 0.825. The maximum atomic E-state index is 13.2. The fourth-order valence-corrected chi connectivity index (χ4v) is 2.97. The Morgan fingerprint density at radius 3 is 2.94 bits per heavy atom. The normalized spacial score (nSPS) is 16.9. The van der Waals surface area contributed by atoms with Crippen LogP contribution >= 0.6 is 22.6 Å². The van der Waals surface area contributed by atoms with Gasteiger partial charge in [0.1, 0.15) is 5.82 Å². The van der Waals surface area contributed by atoms with Crippen LogP contribution in [0.1, 0.15) is 31.4 Å². The van der Waals surface area contributed by atoms with Crippen molar-refractivity contribution in [3.63, 3.8) is 0 Å². The molecule has 0 radical (unpaired) electrons. The third-order valence-corrected chi connectivity index (χ3v) is 3.95. The van der Waals surface area contributed by atoms with Crippen LogP contribution in [0.5, 0.6) is 0 Å². The van der Waals surface area contributed by atoms with Crippen molar-refractivity contribution in [3.05, 3.63) is 45.0 Å². The summed E-state index contributed by atoms with van der Waals surface area (Å²) in [7, 11) is 0. The van der Waals surface area contributed by atoms with Crippen molar-refractivity contribution in [2.24, 2.45) is 0 Å². The minimum atomic E-state index is -0.188. The molecule has 1 aliphatic heterocycles. The molecule has 1 aromatic rings. The summed E-state index contributed by atoms with van der Waals surface area (Å²) in [5, 5.41) is 3.45. The summed E-state index contributed by atoms with van der Waals surface area (Å²) in [6.45, 7) is 3.74. The van der Waals surface area contributed by atoms with Gasteiger partial charge in [-0.25, -0.2) is 4.39 Å². The lowest BCUT2D eigenvalue weighted by Crippen LogP contribution is -2.25. The van der Waals surface area contributed by atoms with Crippen LogP contribution in [0, 0.1) is 9.39 Å². The van der Waals surface area contributed by atoms with Crippen LogP contribution in [-0.2, 0) is 4.74 Å². The zero-order valence-corrected chi connectivity index (χ0v) is 12.5. The highest BCUT2D eigenvalue weighted by atomic mass is 127. The molecule has 0 aliphatic carbocycles. The molecule has 1 atom stereocenters. The summed E-state index contributed by atoms with van der Waals surface area (Å²) in [5.74, 6) is -0.188. The molecule has 2 rings (SSSR count). The van der Waals surface area contributed by atoms with Gasteiger partial charge in [0.25, 0.3) is 0 Å². The zero-order valence-electron chi connectivity index (χ0n) is 10.4. The molecule has 98 valence electrons. The third-order valence-electron chi connectivity index (χ3n) is 3.01. The van der Waals surface area contributed by atoms with Gasteiger partial charge in [-0.1, -0.05) is 13.0 Å². The van der Waals surface area contributed by atoms with Gasteiger partial charge in [-0.3, -0.25) is 0 Å². The number of hydrogen-bond acceptors (Lipinski definition) is 2. The second-order valence-electron chi connectivity index (χ2n) is 4.32. The topological polar surface area (TPSA) is 21.3 Å². The van der Waals surface area contributed by atoms with Crippen LogP contribution < -0.4 is 5.32 Å². The van der Waals surface area contributed by atoms with E-state index in [0.717, 1.165) is 35.1 Å². The van der Waals surface area contributed by atoms with Gasteiger partial charge in [0, 0.05) is 3.57 Å². The van der Waals surface area contributed by atoms with E-state index in [1.54, 1.807) is 6.07 Å². The van der Waals surface area contributed by atoms with Crippen molar-refractivity contribution in [1.82, 2.24) is 5.32 Å². The van der Waals surface area contributed by atoms with E-state index in [1.165, 1.54) is 11.6 Å². The molecule has 0 saturated heterocycles. The van der Waals surface area contributed by atoms with E-state index < -0.39 is 0 Å². The third kappa shape index (κ3) is 3.23. The van der Waals surface area contributed by atoms with E-state index in [4.69, 9.17) is 4.74 Å².